The molecule has 0 aromatic rings. The summed E-state index contributed by atoms with van der Waals surface area (Å²) < 4.78 is 11.2. The Kier molecular flexibility index (Phi) is 5.43. The van der Waals surface area contributed by atoms with Gasteiger partial charge in [-0.05, 0) is 81.6 Å². The zero-order chi connectivity index (χ0) is 23.6. The van der Waals surface area contributed by atoms with E-state index in [0.29, 0.717) is 18.8 Å². The number of fused-ring (bicyclic) bond motifs is 5. The molecular formula is C25H34O7. The number of rotatable bonds is 3. The van der Waals surface area contributed by atoms with Crippen LogP contribution in [0.2, 0.25) is 0 Å². The van der Waals surface area contributed by atoms with Crippen LogP contribution in [0.3, 0.4) is 0 Å². The van der Waals surface area contributed by atoms with E-state index >= 15 is 0 Å². The number of ether oxygens (including phenoxy) is 2. The predicted molar refractivity (Wildman–Crippen MR) is 114 cm³/mol. The number of aliphatic hydroxyl groups is 1. The summed E-state index contributed by atoms with van der Waals surface area (Å²) in [6.45, 7) is 7.95. The summed E-state index contributed by atoms with van der Waals surface area (Å²) in [5, 5.41) is 12.1. The maximum absolute atomic E-state index is 13.4. The molecule has 0 radical (unpaired) electrons. The normalized spacial score (nSPS) is 45.1. The van der Waals surface area contributed by atoms with Crippen LogP contribution < -0.4 is 0 Å². The molecule has 3 saturated carbocycles. The number of hydrogen-bond acceptors (Lipinski definition) is 7. The lowest BCUT2D eigenvalue weighted by Crippen LogP contribution is -2.68. The van der Waals surface area contributed by atoms with Gasteiger partial charge in [0.15, 0.2) is 11.6 Å². The number of Topliss-reactive ketones (excluding diaryl/α,β-unsaturated/α-hetero) is 2. The van der Waals surface area contributed by atoms with Crippen LogP contribution in [0.1, 0.15) is 73.1 Å². The Bertz CT molecular complexity index is 906. The molecule has 32 heavy (non-hydrogen) atoms. The molecule has 176 valence electrons. The minimum Gasteiger partial charge on any atom is -0.463 e. The van der Waals surface area contributed by atoms with Gasteiger partial charge in [-0.2, -0.15) is 0 Å². The van der Waals surface area contributed by atoms with E-state index in [4.69, 9.17) is 9.47 Å². The molecule has 7 nitrogen and oxygen atoms in total. The van der Waals surface area contributed by atoms with Crippen molar-refractivity contribution >= 4 is 23.5 Å². The van der Waals surface area contributed by atoms with E-state index in [2.05, 4.69) is 6.92 Å². The molecule has 0 spiro atoms. The van der Waals surface area contributed by atoms with E-state index < -0.39 is 28.9 Å². The number of hydrogen-bond donors (Lipinski definition) is 1. The molecule has 0 bridgehead atoms. The lowest BCUT2D eigenvalue weighted by atomic mass is 9.43. The van der Waals surface area contributed by atoms with Gasteiger partial charge in [0, 0.05) is 13.8 Å². The SMILES string of the molecule is CC(=O)O[C@H]1CC[C@@]2(C)[C@@H](CC[C@@H]3[C@@H]2C[C@@H](OC(C)=O)[C@]2(C)C(=O)C(C(C)=O)=C[C@]32O)C1. The molecule has 4 aliphatic rings. The summed E-state index contributed by atoms with van der Waals surface area (Å²) in [6, 6.07) is 0. The van der Waals surface area contributed by atoms with Crippen molar-refractivity contribution in [3.05, 3.63) is 11.6 Å². The zero-order valence-electron chi connectivity index (χ0n) is 19.6. The maximum atomic E-state index is 13.4. The second kappa shape index (κ2) is 7.51. The Morgan fingerprint density at radius 3 is 2.22 bits per heavy atom. The highest BCUT2D eigenvalue weighted by molar-refractivity contribution is 6.24. The largest absolute Gasteiger partial charge is 0.463 e. The van der Waals surface area contributed by atoms with Crippen molar-refractivity contribution in [2.45, 2.75) is 91.0 Å². The fourth-order valence-electron chi connectivity index (χ4n) is 7.55. The van der Waals surface area contributed by atoms with E-state index in [0.717, 1.165) is 25.7 Å². The molecule has 4 aliphatic carbocycles. The molecule has 0 unspecified atom stereocenters. The van der Waals surface area contributed by atoms with Gasteiger partial charge in [0.05, 0.1) is 5.57 Å². The average molecular weight is 447 g/mol. The van der Waals surface area contributed by atoms with Crippen LogP contribution in [-0.2, 0) is 28.7 Å². The third-order valence-electron chi connectivity index (χ3n) is 9.25. The van der Waals surface area contributed by atoms with Crippen LogP contribution in [0.4, 0.5) is 0 Å². The summed E-state index contributed by atoms with van der Waals surface area (Å²) in [4.78, 5) is 49.1. The summed E-state index contributed by atoms with van der Waals surface area (Å²) in [5.41, 5.74) is -3.06. The molecule has 0 aromatic carbocycles. The fourth-order valence-corrected chi connectivity index (χ4v) is 7.55. The van der Waals surface area contributed by atoms with E-state index in [9.17, 15) is 24.3 Å². The molecular weight excluding hydrogens is 412 g/mol. The summed E-state index contributed by atoms with van der Waals surface area (Å²) in [5.74, 6) is -1.47. The average Bonchev–Trinajstić information content (AvgIpc) is 2.91. The third kappa shape index (κ3) is 3.11. The van der Waals surface area contributed by atoms with Crippen molar-refractivity contribution in [2.24, 2.45) is 28.6 Å². The Morgan fingerprint density at radius 1 is 0.969 bits per heavy atom. The Hall–Kier alpha value is -2.02. The molecule has 0 aromatic heterocycles. The minimum absolute atomic E-state index is 0.0114. The number of carbonyl (C=O) groups is 4. The standard InChI is InChI=1S/C25H34O7/c1-13(26)18-12-25(30)19-7-6-16-10-17(31-14(2)27)8-9-23(16,4)20(19)11-21(32-15(3)28)24(25,5)22(18)29/h12,16-17,19-21,30H,6-11H2,1-5H3/t16-,17-,19+,20-,21+,23-,24+,25-/m0/s1. The van der Waals surface area contributed by atoms with Crippen molar-refractivity contribution in [3.63, 3.8) is 0 Å². The quantitative estimate of drug-likeness (QED) is 0.525. The lowest BCUT2D eigenvalue weighted by molar-refractivity contribution is -0.228. The number of carbonyl (C=O) groups excluding carboxylic acids is 4. The van der Waals surface area contributed by atoms with Crippen LogP contribution >= 0.6 is 0 Å². The van der Waals surface area contributed by atoms with Gasteiger partial charge >= 0.3 is 11.9 Å². The van der Waals surface area contributed by atoms with Crippen molar-refractivity contribution in [1.82, 2.24) is 0 Å². The molecule has 7 heteroatoms. The first-order valence-corrected chi connectivity index (χ1v) is 11.7. The van der Waals surface area contributed by atoms with Crippen molar-refractivity contribution in [2.75, 3.05) is 0 Å². The van der Waals surface area contributed by atoms with Crippen molar-refractivity contribution in [3.8, 4) is 0 Å². The van der Waals surface area contributed by atoms with Gasteiger partial charge in [0.2, 0.25) is 0 Å². The number of allylic oxidation sites excluding steroid dienone is 1. The van der Waals surface area contributed by atoms with Crippen molar-refractivity contribution < 1.29 is 33.8 Å². The second-order valence-electron chi connectivity index (χ2n) is 10.8. The number of esters is 2. The Balaban J connectivity index is 1.75. The second-order valence-corrected chi connectivity index (χ2v) is 10.8. The Morgan fingerprint density at radius 2 is 1.62 bits per heavy atom. The van der Waals surface area contributed by atoms with E-state index in [-0.39, 0.29) is 40.7 Å². The highest BCUT2D eigenvalue weighted by Crippen LogP contribution is 2.67. The monoisotopic (exact) mass is 446 g/mol. The fraction of sp³-hybridized carbons (Fsp3) is 0.760. The first-order valence-electron chi connectivity index (χ1n) is 11.7. The molecule has 1 N–H and O–H groups in total. The zero-order valence-corrected chi connectivity index (χ0v) is 19.6. The van der Waals surface area contributed by atoms with Gasteiger partial charge in [0.25, 0.3) is 0 Å². The van der Waals surface area contributed by atoms with Gasteiger partial charge in [-0.3, -0.25) is 19.2 Å². The minimum atomic E-state index is -1.55. The molecule has 3 fully saturated rings. The summed E-state index contributed by atoms with van der Waals surface area (Å²) in [6.07, 6.45) is 4.94. The summed E-state index contributed by atoms with van der Waals surface area (Å²) >= 11 is 0. The van der Waals surface area contributed by atoms with E-state index in [1.807, 2.05) is 0 Å². The smallest absolute Gasteiger partial charge is 0.302 e. The highest BCUT2D eigenvalue weighted by Gasteiger charge is 2.72. The highest BCUT2D eigenvalue weighted by atomic mass is 16.5. The molecule has 0 amide bonds. The molecule has 8 atom stereocenters. The van der Waals surface area contributed by atoms with Crippen LogP contribution in [0.15, 0.2) is 11.6 Å². The van der Waals surface area contributed by atoms with Gasteiger partial charge in [-0.25, -0.2) is 0 Å². The molecule has 4 rings (SSSR count). The van der Waals surface area contributed by atoms with Crippen LogP contribution in [0.5, 0.6) is 0 Å². The third-order valence-corrected chi connectivity index (χ3v) is 9.25. The Labute approximate surface area is 188 Å². The van der Waals surface area contributed by atoms with Crippen LogP contribution in [0.25, 0.3) is 0 Å². The van der Waals surface area contributed by atoms with Gasteiger partial charge in [-0.15, -0.1) is 0 Å². The lowest BCUT2D eigenvalue weighted by Gasteiger charge is -2.63. The van der Waals surface area contributed by atoms with Gasteiger partial charge < -0.3 is 14.6 Å². The van der Waals surface area contributed by atoms with E-state index in [1.54, 1.807) is 6.92 Å². The van der Waals surface area contributed by atoms with E-state index in [1.165, 1.54) is 26.8 Å². The predicted octanol–water partition coefficient (Wildman–Crippen LogP) is 2.92. The number of ketones is 2. The van der Waals surface area contributed by atoms with Gasteiger partial charge in [0.1, 0.15) is 23.2 Å². The molecule has 0 aliphatic heterocycles. The summed E-state index contributed by atoms with van der Waals surface area (Å²) in [7, 11) is 0. The topological polar surface area (TPSA) is 107 Å². The van der Waals surface area contributed by atoms with Crippen LogP contribution in [0, 0.1) is 28.6 Å². The van der Waals surface area contributed by atoms with Crippen molar-refractivity contribution in [1.29, 1.82) is 0 Å². The maximum Gasteiger partial charge on any atom is 0.302 e. The van der Waals surface area contributed by atoms with Gasteiger partial charge in [-0.1, -0.05) is 6.92 Å². The molecule has 0 saturated heterocycles. The first kappa shape index (κ1) is 23.1. The molecule has 0 heterocycles. The first-order chi connectivity index (χ1) is 14.8. The van der Waals surface area contributed by atoms with Crippen LogP contribution in [-0.4, -0.2) is 46.4 Å².